The molecule has 0 bridgehead atoms. The molecule has 1 amide bonds. The smallest absolute Gasteiger partial charge is 0.253 e. The van der Waals surface area contributed by atoms with Gasteiger partial charge in [-0.3, -0.25) is 4.79 Å². The van der Waals surface area contributed by atoms with Crippen molar-refractivity contribution in [1.29, 1.82) is 0 Å². The van der Waals surface area contributed by atoms with Gasteiger partial charge in [-0.15, -0.1) is 0 Å². The van der Waals surface area contributed by atoms with Crippen molar-refractivity contribution < 1.29 is 4.79 Å². The van der Waals surface area contributed by atoms with Crippen molar-refractivity contribution >= 4 is 33.4 Å². The average molecular weight is 359 g/mol. The molecule has 1 aliphatic heterocycles. The van der Waals surface area contributed by atoms with Crippen molar-refractivity contribution in [3.8, 4) is 0 Å². The molecule has 1 fully saturated rings. The van der Waals surface area contributed by atoms with Crippen molar-refractivity contribution in [1.82, 2.24) is 4.90 Å². The summed E-state index contributed by atoms with van der Waals surface area (Å²) in [6, 6.07) is 5.37. The lowest BCUT2D eigenvalue weighted by atomic mass is 9.75. The lowest BCUT2D eigenvalue weighted by Crippen LogP contribution is -2.41. The molecule has 2 nitrogen and oxygen atoms in total. The van der Waals surface area contributed by atoms with E-state index in [1.807, 2.05) is 4.90 Å². The number of hydrogen-bond acceptors (Lipinski definition) is 1. The van der Waals surface area contributed by atoms with E-state index in [0.717, 1.165) is 30.4 Å². The Balaban J connectivity index is 2.03. The summed E-state index contributed by atoms with van der Waals surface area (Å²) in [7, 11) is 0. The van der Waals surface area contributed by atoms with Gasteiger partial charge in [-0.05, 0) is 58.3 Å². The Hall–Kier alpha value is -0.540. The fraction of sp³-hybridized carbons (Fsp3) is 0.562. The number of benzene rings is 1. The summed E-state index contributed by atoms with van der Waals surface area (Å²) in [6.07, 6.45) is 2.17. The number of rotatable bonds is 1. The van der Waals surface area contributed by atoms with E-state index in [1.165, 1.54) is 0 Å². The van der Waals surface area contributed by atoms with Crippen LogP contribution in [0.1, 0.15) is 44.0 Å². The number of hydrogen-bond donors (Lipinski definition) is 0. The van der Waals surface area contributed by atoms with Gasteiger partial charge in [-0.1, -0.05) is 32.4 Å². The number of likely N-dealkylation sites (tertiary alicyclic amines) is 1. The van der Waals surface area contributed by atoms with Crippen LogP contribution in [0.15, 0.2) is 22.7 Å². The third kappa shape index (κ3) is 3.56. The van der Waals surface area contributed by atoms with E-state index < -0.39 is 0 Å². The Kier molecular flexibility index (Phi) is 4.80. The number of piperidine rings is 1. The lowest BCUT2D eigenvalue weighted by Gasteiger charge is -2.38. The van der Waals surface area contributed by atoms with Crippen LogP contribution in [0, 0.1) is 11.3 Å². The summed E-state index contributed by atoms with van der Waals surface area (Å²) in [5.41, 5.74) is 1.04. The monoisotopic (exact) mass is 357 g/mol. The van der Waals surface area contributed by atoms with E-state index in [9.17, 15) is 4.79 Å². The number of nitrogens with zero attached hydrogens (tertiary/aromatic N) is 1. The van der Waals surface area contributed by atoms with Gasteiger partial charge in [0.2, 0.25) is 0 Å². The highest BCUT2D eigenvalue weighted by Gasteiger charge is 2.30. The Morgan fingerprint density at radius 3 is 2.40 bits per heavy atom. The molecular formula is C16H21BrClNO. The molecule has 0 atom stereocenters. The molecule has 4 heteroatoms. The second kappa shape index (κ2) is 6.07. The lowest BCUT2D eigenvalue weighted by molar-refractivity contribution is 0.0608. The van der Waals surface area contributed by atoms with Gasteiger partial charge in [-0.25, -0.2) is 0 Å². The SMILES string of the molecule is CC(C)(C)C1CCN(C(=O)c2ccc(Cl)c(Br)c2)CC1. The molecule has 1 heterocycles. The molecule has 0 unspecified atom stereocenters. The quantitative estimate of drug-likeness (QED) is 0.691. The maximum atomic E-state index is 12.5. The molecule has 20 heavy (non-hydrogen) atoms. The summed E-state index contributed by atoms with van der Waals surface area (Å²) in [5, 5.41) is 0.632. The molecule has 0 aromatic heterocycles. The van der Waals surface area contributed by atoms with Crippen LogP contribution in [0.5, 0.6) is 0 Å². The van der Waals surface area contributed by atoms with Gasteiger partial charge >= 0.3 is 0 Å². The molecule has 0 spiro atoms. The Morgan fingerprint density at radius 1 is 1.30 bits per heavy atom. The summed E-state index contributed by atoms with van der Waals surface area (Å²) < 4.78 is 0.773. The molecule has 0 N–H and O–H groups in total. The van der Waals surface area contributed by atoms with E-state index in [-0.39, 0.29) is 5.91 Å². The zero-order valence-corrected chi connectivity index (χ0v) is 14.6. The van der Waals surface area contributed by atoms with E-state index in [0.29, 0.717) is 21.9 Å². The van der Waals surface area contributed by atoms with Crippen molar-refractivity contribution in [2.75, 3.05) is 13.1 Å². The van der Waals surface area contributed by atoms with E-state index in [1.54, 1.807) is 18.2 Å². The Labute approximate surface area is 134 Å². The van der Waals surface area contributed by atoms with Crippen molar-refractivity contribution in [3.63, 3.8) is 0 Å². The van der Waals surface area contributed by atoms with Crippen molar-refractivity contribution in [2.24, 2.45) is 11.3 Å². The predicted molar refractivity (Wildman–Crippen MR) is 87.2 cm³/mol. The Bertz CT molecular complexity index is 502. The summed E-state index contributed by atoms with van der Waals surface area (Å²) in [4.78, 5) is 14.4. The first-order valence-electron chi connectivity index (χ1n) is 7.03. The fourth-order valence-corrected chi connectivity index (χ4v) is 3.26. The first-order chi connectivity index (χ1) is 9.29. The number of amides is 1. The summed E-state index contributed by atoms with van der Waals surface area (Å²) in [5.74, 6) is 0.804. The van der Waals surface area contributed by atoms with Crippen LogP contribution < -0.4 is 0 Å². The molecule has 110 valence electrons. The standard InChI is InChI=1S/C16H21BrClNO/c1-16(2,3)12-6-8-19(9-7-12)15(20)11-4-5-14(18)13(17)10-11/h4-5,10,12H,6-9H2,1-3H3. The van der Waals surface area contributed by atoms with Gasteiger partial charge in [0.05, 0.1) is 5.02 Å². The topological polar surface area (TPSA) is 20.3 Å². The molecule has 2 rings (SSSR count). The van der Waals surface area contributed by atoms with Gasteiger partial charge in [0.1, 0.15) is 0 Å². The number of carbonyl (C=O) groups excluding carboxylic acids is 1. The zero-order chi connectivity index (χ0) is 14.9. The maximum Gasteiger partial charge on any atom is 0.253 e. The number of halogens is 2. The molecule has 0 saturated carbocycles. The second-order valence-corrected chi connectivity index (χ2v) is 7.82. The van der Waals surface area contributed by atoms with Gasteiger partial charge in [-0.2, -0.15) is 0 Å². The van der Waals surface area contributed by atoms with Crippen LogP contribution in [0.4, 0.5) is 0 Å². The first kappa shape index (κ1) is 15.8. The van der Waals surface area contributed by atoms with Crippen LogP contribution in [-0.2, 0) is 0 Å². The molecule has 0 radical (unpaired) electrons. The molecular weight excluding hydrogens is 338 g/mol. The van der Waals surface area contributed by atoms with E-state index >= 15 is 0 Å². The van der Waals surface area contributed by atoms with Gasteiger partial charge in [0.25, 0.3) is 5.91 Å². The Morgan fingerprint density at radius 2 is 1.90 bits per heavy atom. The van der Waals surface area contributed by atoms with Crippen LogP contribution in [0.3, 0.4) is 0 Å². The third-order valence-corrected chi connectivity index (χ3v) is 5.39. The minimum Gasteiger partial charge on any atom is -0.339 e. The maximum absolute atomic E-state index is 12.5. The summed E-state index contributed by atoms with van der Waals surface area (Å²) in [6.45, 7) is 8.55. The van der Waals surface area contributed by atoms with E-state index in [4.69, 9.17) is 11.6 Å². The van der Waals surface area contributed by atoms with Crippen LogP contribution in [0.2, 0.25) is 5.02 Å². The normalized spacial score (nSPS) is 17.4. The first-order valence-corrected chi connectivity index (χ1v) is 8.20. The van der Waals surface area contributed by atoms with E-state index in [2.05, 4.69) is 36.7 Å². The van der Waals surface area contributed by atoms with Gasteiger partial charge in [0.15, 0.2) is 0 Å². The van der Waals surface area contributed by atoms with Crippen molar-refractivity contribution in [2.45, 2.75) is 33.6 Å². The highest BCUT2D eigenvalue weighted by molar-refractivity contribution is 9.10. The van der Waals surface area contributed by atoms with Crippen molar-refractivity contribution in [3.05, 3.63) is 33.3 Å². The largest absolute Gasteiger partial charge is 0.339 e. The van der Waals surface area contributed by atoms with Crippen LogP contribution >= 0.6 is 27.5 Å². The molecule has 1 aliphatic rings. The zero-order valence-electron chi connectivity index (χ0n) is 12.2. The summed E-state index contributed by atoms with van der Waals surface area (Å²) >= 11 is 9.34. The molecule has 1 aromatic rings. The molecule has 0 aliphatic carbocycles. The number of carbonyl (C=O) groups is 1. The fourth-order valence-electron chi connectivity index (χ4n) is 2.76. The highest BCUT2D eigenvalue weighted by atomic mass is 79.9. The molecule has 1 saturated heterocycles. The average Bonchev–Trinajstić information content (AvgIpc) is 2.40. The minimum atomic E-state index is 0.106. The second-order valence-electron chi connectivity index (χ2n) is 6.56. The van der Waals surface area contributed by atoms with Crippen LogP contribution in [-0.4, -0.2) is 23.9 Å². The molecule has 1 aromatic carbocycles. The highest BCUT2D eigenvalue weighted by Crippen LogP contribution is 2.34. The third-order valence-electron chi connectivity index (χ3n) is 4.17. The minimum absolute atomic E-state index is 0.106. The predicted octanol–water partition coefficient (Wildman–Crippen LogP) is 5.00. The van der Waals surface area contributed by atoms with Gasteiger partial charge in [0, 0.05) is 23.1 Å². The van der Waals surface area contributed by atoms with Crippen LogP contribution in [0.25, 0.3) is 0 Å². The van der Waals surface area contributed by atoms with Gasteiger partial charge < -0.3 is 4.90 Å².